The van der Waals surface area contributed by atoms with E-state index < -0.39 is 0 Å². The Bertz CT molecular complexity index is 563. The molecule has 320 valence electrons. The smallest absolute Gasteiger partial charge is 0.0701 e. The van der Waals surface area contributed by atoms with Gasteiger partial charge in [-0.3, -0.25) is 0 Å². The van der Waals surface area contributed by atoms with Crippen molar-refractivity contribution in [1.82, 2.24) is 0 Å². The second kappa shape index (κ2) is 51.6. The summed E-state index contributed by atoms with van der Waals surface area (Å²) in [6.45, 7) is 15.5. The molecular formula is C44H90O9. The predicted octanol–water partition coefficient (Wildman–Crippen LogP) is 10.5. The Balaban J connectivity index is 3.05. The van der Waals surface area contributed by atoms with Crippen LogP contribution in [0.3, 0.4) is 0 Å². The van der Waals surface area contributed by atoms with E-state index >= 15 is 0 Å². The first-order valence-electron chi connectivity index (χ1n) is 22.6. The Morgan fingerprint density at radius 2 is 0.283 bits per heavy atom. The van der Waals surface area contributed by atoms with Gasteiger partial charge in [-0.25, -0.2) is 0 Å². The molecule has 0 rings (SSSR count). The van der Waals surface area contributed by atoms with Gasteiger partial charge in [0.05, 0.1) is 106 Å². The molecule has 0 amide bonds. The average Bonchev–Trinajstić information content (AvgIpc) is 3.17. The summed E-state index contributed by atoms with van der Waals surface area (Å²) in [5.41, 5.74) is 0. The first-order valence-corrected chi connectivity index (χ1v) is 22.6. The Labute approximate surface area is 328 Å². The maximum atomic E-state index is 5.69. The first kappa shape index (κ1) is 52.6. The predicted molar refractivity (Wildman–Crippen MR) is 220 cm³/mol. The maximum absolute atomic E-state index is 5.69. The number of rotatable bonds is 50. The average molecular weight is 763 g/mol. The molecule has 0 aliphatic heterocycles. The van der Waals surface area contributed by atoms with Crippen molar-refractivity contribution in [2.75, 3.05) is 119 Å². The maximum Gasteiger partial charge on any atom is 0.0701 e. The summed E-state index contributed by atoms with van der Waals surface area (Å²) < 4.78 is 50.2. The van der Waals surface area contributed by atoms with Crippen LogP contribution in [0.5, 0.6) is 0 Å². The minimum atomic E-state index is 0.544. The summed E-state index contributed by atoms with van der Waals surface area (Å²) in [7, 11) is 0. The molecule has 0 radical (unpaired) electrons. The van der Waals surface area contributed by atoms with Crippen molar-refractivity contribution in [3.05, 3.63) is 0 Å². The van der Waals surface area contributed by atoms with Crippen LogP contribution in [0.15, 0.2) is 0 Å². The summed E-state index contributed by atoms with van der Waals surface area (Å²) in [4.78, 5) is 0. The van der Waals surface area contributed by atoms with Crippen LogP contribution in [0.4, 0.5) is 0 Å². The number of unbranched alkanes of at least 4 members (excludes halogenated alkanes) is 22. The highest BCUT2D eigenvalue weighted by atomic mass is 16.6. The zero-order valence-corrected chi connectivity index (χ0v) is 35.4. The zero-order chi connectivity index (χ0) is 38.1. The molecule has 0 bridgehead atoms. The molecule has 0 fully saturated rings. The van der Waals surface area contributed by atoms with E-state index in [1.54, 1.807) is 0 Å². The van der Waals surface area contributed by atoms with E-state index in [1.165, 1.54) is 141 Å². The van der Waals surface area contributed by atoms with Gasteiger partial charge in [-0.15, -0.1) is 0 Å². The second-order valence-corrected chi connectivity index (χ2v) is 14.3. The Kier molecular flexibility index (Phi) is 51.3. The van der Waals surface area contributed by atoms with E-state index in [1.807, 2.05) is 0 Å². The molecule has 0 atom stereocenters. The molecule has 0 unspecified atom stereocenters. The number of ether oxygens (including phenoxy) is 9. The van der Waals surface area contributed by atoms with Crippen molar-refractivity contribution >= 4 is 0 Å². The van der Waals surface area contributed by atoms with Crippen molar-refractivity contribution in [3.8, 4) is 0 Å². The molecule has 9 heteroatoms. The molecule has 0 aliphatic carbocycles. The topological polar surface area (TPSA) is 83.1 Å². The standard InChI is InChI=1S/C44H90O9/c1-3-5-7-9-11-13-15-16-18-20-22-24-26-28-46-30-32-48-34-36-50-38-40-52-42-44-53-43-41-51-39-37-49-35-33-47-31-29-45-27-25-23-21-19-17-14-12-10-8-6-4-2/h3-44H2,1-2H3. The van der Waals surface area contributed by atoms with Gasteiger partial charge in [0.25, 0.3) is 0 Å². The fourth-order valence-corrected chi connectivity index (χ4v) is 5.95. The zero-order valence-electron chi connectivity index (χ0n) is 35.4. The third kappa shape index (κ3) is 51.6. The highest BCUT2D eigenvalue weighted by molar-refractivity contribution is 4.50. The lowest BCUT2D eigenvalue weighted by Gasteiger charge is -2.09. The van der Waals surface area contributed by atoms with E-state index in [9.17, 15) is 0 Å². The van der Waals surface area contributed by atoms with Crippen LogP contribution in [0.2, 0.25) is 0 Å². The molecule has 0 aromatic rings. The summed E-state index contributed by atoms with van der Waals surface area (Å²) in [5.74, 6) is 0. The lowest BCUT2D eigenvalue weighted by molar-refractivity contribution is -0.0250. The van der Waals surface area contributed by atoms with Crippen molar-refractivity contribution < 1.29 is 42.6 Å². The quantitative estimate of drug-likeness (QED) is 0.0563. The molecule has 0 saturated heterocycles. The fourth-order valence-electron chi connectivity index (χ4n) is 5.95. The third-order valence-electron chi connectivity index (χ3n) is 9.26. The van der Waals surface area contributed by atoms with Crippen LogP contribution in [-0.2, 0) is 42.6 Å². The lowest BCUT2D eigenvalue weighted by Crippen LogP contribution is -2.15. The van der Waals surface area contributed by atoms with Gasteiger partial charge in [0.15, 0.2) is 0 Å². The first-order chi connectivity index (χ1) is 26.4. The normalized spacial score (nSPS) is 11.7. The van der Waals surface area contributed by atoms with Gasteiger partial charge in [0.2, 0.25) is 0 Å². The minimum Gasteiger partial charge on any atom is -0.379 e. The van der Waals surface area contributed by atoms with Gasteiger partial charge in [-0.1, -0.05) is 155 Å². The van der Waals surface area contributed by atoms with E-state index in [2.05, 4.69) is 13.8 Å². The van der Waals surface area contributed by atoms with Crippen LogP contribution < -0.4 is 0 Å². The Hall–Kier alpha value is -0.360. The van der Waals surface area contributed by atoms with Gasteiger partial charge in [0.1, 0.15) is 0 Å². The molecule has 53 heavy (non-hydrogen) atoms. The highest BCUT2D eigenvalue weighted by Gasteiger charge is 1.98. The summed E-state index contributed by atoms with van der Waals surface area (Å²) in [6.07, 6.45) is 32.8. The van der Waals surface area contributed by atoms with Gasteiger partial charge >= 0.3 is 0 Å². The van der Waals surface area contributed by atoms with Crippen LogP contribution in [0, 0.1) is 0 Å². The molecule has 0 aromatic carbocycles. The fraction of sp³-hybridized carbons (Fsp3) is 1.00. The molecule has 9 nitrogen and oxygen atoms in total. The molecule has 0 aromatic heterocycles. The van der Waals surface area contributed by atoms with Gasteiger partial charge < -0.3 is 42.6 Å². The van der Waals surface area contributed by atoms with E-state index in [4.69, 9.17) is 42.6 Å². The molecular weight excluding hydrogens is 672 g/mol. The van der Waals surface area contributed by atoms with Gasteiger partial charge in [-0.05, 0) is 12.8 Å². The Morgan fingerprint density at radius 3 is 0.453 bits per heavy atom. The molecule has 0 N–H and O–H groups in total. The van der Waals surface area contributed by atoms with Crippen molar-refractivity contribution in [3.63, 3.8) is 0 Å². The van der Waals surface area contributed by atoms with Crippen molar-refractivity contribution in [2.24, 2.45) is 0 Å². The second-order valence-electron chi connectivity index (χ2n) is 14.3. The molecule has 0 saturated carbocycles. The van der Waals surface area contributed by atoms with E-state index in [0.29, 0.717) is 106 Å². The summed E-state index contributed by atoms with van der Waals surface area (Å²) >= 11 is 0. The van der Waals surface area contributed by atoms with Gasteiger partial charge in [-0.2, -0.15) is 0 Å². The lowest BCUT2D eigenvalue weighted by atomic mass is 10.0. The monoisotopic (exact) mass is 763 g/mol. The highest BCUT2D eigenvalue weighted by Crippen LogP contribution is 2.13. The van der Waals surface area contributed by atoms with Crippen LogP contribution in [0.1, 0.15) is 168 Å². The number of hydrogen-bond donors (Lipinski definition) is 0. The van der Waals surface area contributed by atoms with E-state index in [0.717, 1.165) is 26.1 Å². The van der Waals surface area contributed by atoms with Gasteiger partial charge in [0, 0.05) is 13.2 Å². The summed E-state index contributed by atoms with van der Waals surface area (Å²) in [6, 6.07) is 0. The molecule has 0 heterocycles. The van der Waals surface area contributed by atoms with E-state index in [-0.39, 0.29) is 0 Å². The molecule has 0 spiro atoms. The Morgan fingerprint density at radius 1 is 0.151 bits per heavy atom. The van der Waals surface area contributed by atoms with Crippen LogP contribution >= 0.6 is 0 Å². The van der Waals surface area contributed by atoms with Crippen LogP contribution in [0.25, 0.3) is 0 Å². The number of hydrogen-bond acceptors (Lipinski definition) is 9. The third-order valence-corrected chi connectivity index (χ3v) is 9.26. The minimum absolute atomic E-state index is 0.544. The van der Waals surface area contributed by atoms with Crippen LogP contribution in [-0.4, -0.2) is 119 Å². The van der Waals surface area contributed by atoms with Crippen molar-refractivity contribution in [2.45, 2.75) is 168 Å². The largest absolute Gasteiger partial charge is 0.379 e. The molecule has 0 aliphatic rings. The van der Waals surface area contributed by atoms with Crippen molar-refractivity contribution in [1.29, 1.82) is 0 Å². The SMILES string of the molecule is CCCCCCCCCCCCCCCOCCOCCOCCOCCOCCOCCOCCOCCOCCCCCCCCCCCCC. The summed E-state index contributed by atoms with van der Waals surface area (Å²) in [5, 5.41) is 0.